The average molecular weight is 199 g/mol. The number of hydrogen-bond acceptors (Lipinski definition) is 1. The molecule has 1 nitrogen and oxygen atoms in total. The van der Waals surface area contributed by atoms with Crippen LogP contribution in [0, 0.1) is 13.8 Å². The molecule has 0 fully saturated rings. The number of hydrogen-bond donors (Lipinski definition) is 0. The van der Waals surface area contributed by atoms with Crippen molar-refractivity contribution in [3.63, 3.8) is 0 Å². The van der Waals surface area contributed by atoms with Crippen LogP contribution in [0.3, 0.4) is 0 Å². The molecule has 0 N–H and O–H groups in total. The lowest BCUT2D eigenvalue weighted by molar-refractivity contribution is 0.409. The number of ether oxygens (including phenoxy) is 1. The summed E-state index contributed by atoms with van der Waals surface area (Å²) in [7, 11) is 1.70. The molecule has 72 valence electrons. The smallest absolute Gasteiger partial charge is 0.122 e. The molecule has 13 heavy (non-hydrogen) atoms. The third kappa shape index (κ3) is 2.38. The minimum atomic E-state index is 0.639. The fourth-order valence-corrected chi connectivity index (χ4v) is 1.74. The van der Waals surface area contributed by atoms with E-state index in [2.05, 4.69) is 26.0 Å². The van der Waals surface area contributed by atoms with Crippen molar-refractivity contribution in [3.05, 3.63) is 28.8 Å². The molecule has 0 atom stereocenters. The van der Waals surface area contributed by atoms with Gasteiger partial charge in [0.05, 0.1) is 7.11 Å². The summed E-state index contributed by atoms with van der Waals surface area (Å²) in [5.41, 5.74) is 3.72. The van der Waals surface area contributed by atoms with Gasteiger partial charge >= 0.3 is 0 Å². The summed E-state index contributed by atoms with van der Waals surface area (Å²) < 4.78 is 5.30. The van der Waals surface area contributed by atoms with E-state index in [0.717, 1.165) is 12.2 Å². The summed E-state index contributed by atoms with van der Waals surface area (Å²) in [4.78, 5) is 0. The van der Waals surface area contributed by atoms with Gasteiger partial charge in [-0.15, -0.1) is 11.6 Å². The molecule has 0 amide bonds. The summed E-state index contributed by atoms with van der Waals surface area (Å²) in [5.74, 6) is 1.60. The van der Waals surface area contributed by atoms with E-state index in [0.29, 0.717) is 5.88 Å². The van der Waals surface area contributed by atoms with Gasteiger partial charge in [0, 0.05) is 5.88 Å². The number of alkyl halides is 1. The Bertz CT molecular complexity index is 294. The first-order valence-electron chi connectivity index (χ1n) is 4.39. The first-order valence-corrected chi connectivity index (χ1v) is 4.92. The number of benzene rings is 1. The Morgan fingerprint density at radius 3 is 2.54 bits per heavy atom. The zero-order valence-corrected chi connectivity index (χ0v) is 9.11. The van der Waals surface area contributed by atoms with Crippen molar-refractivity contribution in [1.29, 1.82) is 0 Å². The van der Waals surface area contributed by atoms with Gasteiger partial charge in [0.25, 0.3) is 0 Å². The van der Waals surface area contributed by atoms with Gasteiger partial charge in [-0.05, 0) is 43.0 Å². The predicted molar refractivity (Wildman–Crippen MR) is 56.9 cm³/mol. The van der Waals surface area contributed by atoms with Crippen LogP contribution in [0.25, 0.3) is 0 Å². The van der Waals surface area contributed by atoms with E-state index in [1.165, 1.54) is 16.7 Å². The van der Waals surface area contributed by atoms with E-state index in [4.69, 9.17) is 16.3 Å². The molecule has 0 heterocycles. The predicted octanol–water partition coefficient (Wildman–Crippen LogP) is 3.09. The molecule has 0 aliphatic carbocycles. The van der Waals surface area contributed by atoms with Crippen molar-refractivity contribution in [3.8, 4) is 5.75 Å². The zero-order valence-electron chi connectivity index (χ0n) is 8.36. The highest BCUT2D eigenvalue weighted by molar-refractivity contribution is 6.18. The molecule has 0 aliphatic heterocycles. The molecular weight excluding hydrogens is 184 g/mol. The number of rotatable bonds is 3. The molecule has 1 rings (SSSR count). The van der Waals surface area contributed by atoms with Crippen molar-refractivity contribution >= 4 is 11.6 Å². The molecule has 0 saturated heterocycles. The van der Waals surface area contributed by atoms with Crippen LogP contribution in [-0.4, -0.2) is 13.0 Å². The topological polar surface area (TPSA) is 9.23 Å². The van der Waals surface area contributed by atoms with E-state index < -0.39 is 0 Å². The highest BCUT2D eigenvalue weighted by atomic mass is 35.5. The van der Waals surface area contributed by atoms with Gasteiger partial charge < -0.3 is 4.74 Å². The van der Waals surface area contributed by atoms with E-state index >= 15 is 0 Å². The molecular formula is C11H15ClO. The number of methoxy groups -OCH3 is 1. The monoisotopic (exact) mass is 198 g/mol. The highest BCUT2D eigenvalue weighted by Gasteiger charge is 2.06. The fraction of sp³-hybridized carbons (Fsp3) is 0.455. The second-order valence-corrected chi connectivity index (χ2v) is 3.58. The molecule has 0 aromatic heterocycles. The third-order valence-electron chi connectivity index (χ3n) is 2.14. The van der Waals surface area contributed by atoms with Crippen LogP contribution < -0.4 is 4.74 Å². The lowest BCUT2D eigenvalue weighted by atomic mass is 10.0. The molecule has 0 aliphatic rings. The van der Waals surface area contributed by atoms with E-state index in [9.17, 15) is 0 Å². The molecule has 0 saturated carbocycles. The van der Waals surface area contributed by atoms with Crippen LogP contribution in [0.1, 0.15) is 16.7 Å². The Balaban J connectivity index is 3.13. The van der Waals surface area contributed by atoms with Crippen molar-refractivity contribution in [2.75, 3.05) is 13.0 Å². The van der Waals surface area contributed by atoms with Crippen LogP contribution in [-0.2, 0) is 6.42 Å². The van der Waals surface area contributed by atoms with Gasteiger partial charge in [-0.2, -0.15) is 0 Å². The molecule has 0 unspecified atom stereocenters. The second-order valence-electron chi connectivity index (χ2n) is 3.20. The largest absolute Gasteiger partial charge is 0.496 e. The standard InChI is InChI=1S/C11H15ClO/c1-8-6-9(2)10(4-5-12)11(7-8)13-3/h6-7H,4-5H2,1-3H3. The molecule has 0 spiro atoms. The summed E-state index contributed by atoms with van der Waals surface area (Å²) in [6, 6.07) is 4.21. The summed E-state index contributed by atoms with van der Waals surface area (Å²) in [6.45, 7) is 4.16. The summed E-state index contributed by atoms with van der Waals surface area (Å²) in [6.07, 6.45) is 0.872. The minimum Gasteiger partial charge on any atom is -0.496 e. The van der Waals surface area contributed by atoms with Gasteiger partial charge in [0.15, 0.2) is 0 Å². The van der Waals surface area contributed by atoms with Crippen LogP contribution in [0.2, 0.25) is 0 Å². The molecule has 2 heteroatoms. The SMILES string of the molecule is COc1cc(C)cc(C)c1CCCl. The zero-order chi connectivity index (χ0) is 9.84. The van der Waals surface area contributed by atoms with Crippen molar-refractivity contribution in [2.24, 2.45) is 0 Å². The van der Waals surface area contributed by atoms with E-state index in [-0.39, 0.29) is 0 Å². The number of aryl methyl sites for hydroxylation is 2. The normalized spacial score (nSPS) is 10.2. The van der Waals surface area contributed by atoms with Gasteiger partial charge in [-0.3, -0.25) is 0 Å². The summed E-state index contributed by atoms with van der Waals surface area (Å²) >= 11 is 5.72. The highest BCUT2D eigenvalue weighted by Crippen LogP contribution is 2.24. The quantitative estimate of drug-likeness (QED) is 0.679. The average Bonchev–Trinajstić information content (AvgIpc) is 2.09. The van der Waals surface area contributed by atoms with Crippen molar-refractivity contribution in [2.45, 2.75) is 20.3 Å². The fourth-order valence-electron chi connectivity index (χ4n) is 1.56. The van der Waals surface area contributed by atoms with E-state index in [1.807, 2.05) is 0 Å². The Morgan fingerprint density at radius 1 is 1.31 bits per heavy atom. The maximum Gasteiger partial charge on any atom is 0.122 e. The van der Waals surface area contributed by atoms with Crippen molar-refractivity contribution < 1.29 is 4.74 Å². The molecule has 1 aromatic carbocycles. The third-order valence-corrected chi connectivity index (χ3v) is 2.33. The Morgan fingerprint density at radius 2 is 2.00 bits per heavy atom. The van der Waals surface area contributed by atoms with Crippen LogP contribution >= 0.6 is 11.6 Å². The van der Waals surface area contributed by atoms with Gasteiger partial charge in [-0.1, -0.05) is 6.07 Å². The summed E-state index contributed by atoms with van der Waals surface area (Å²) in [5, 5.41) is 0. The van der Waals surface area contributed by atoms with Gasteiger partial charge in [0.1, 0.15) is 5.75 Å². The Hall–Kier alpha value is -0.690. The van der Waals surface area contributed by atoms with Gasteiger partial charge in [-0.25, -0.2) is 0 Å². The van der Waals surface area contributed by atoms with Crippen LogP contribution in [0.5, 0.6) is 5.75 Å². The molecule has 0 bridgehead atoms. The maximum absolute atomic E-state index is 5.72. The maximum atomic E-state index is 5.72. The van der Waals surface area contributed by atoms with Gasteiger partial charge in [0.2, 0.25) is 0 Å². The lowest BCUT2D eigenvalue weighted by Gasteiger charge is -2.11. The molecule has 1 aromatic rings. The molecule has 0 radical (unpaired) electrons. The van der Waals surface area contributed by atoms with Crippen molar-refractivity contribution in [1.82, 2.24) is 0 Å². The Kier molecular flexibility index (Phi) is 3.61. The minimum absolute atomic E-state index is 0.639. The first-order chi connectivity index (χ1) is 6.19. The lowest BCUT2D eigenvalue weighted by Crippen LogP contribution is -1.97. The first kappa shape index (κ1) is 10.4. The van der Waals surface area contributed by atoms with Crippen LogP contribution in [0.4, 0.5) is 0 Å². The second kappa shape index (κ2) is 4.52. The Labute approximate surface area is 84.7 Å². The van der Waals surface area contributed by atoms with Crippen LogP contribution in [0.15, 0.2) is 12.1 Å². The van der Waals surface area contributed by atoms with E-state index in [1.54, 1.807) is 7.11 Å². The number of halogens is 1.